The molecule has 0 aliphatic heterocycles. The molecule has 1 aromatic carbocycles. The van der Waals surface area contributed by atoms with Crippen LogP contribution in [0.15, 0.2) is 60.0 Å². The maximum Gasteiger partial charge on any atom is 0.168 e. The normalized spacial score (nSPS) is 10.7. The molecule has 100 valence electrons. The lowest BCUT2D eigenvalue weighted by Gasteiger charge is -2.06. The van der Waals surface area contributed by atoms with Gasteiger partial charge in [-0.3, -0.25) is 4.98 Å². The number of hydrogen-bond acceptors (Lipinski definition) is 3. The number of rotatable bonds is 3. The molecule has 0 aliphatic rings. The minimum Gasteiger partial charge on any atom is -0.322 e. The van der Waals surface area contributed by atoms with Gasteiger partial charge in [0.15, 0.2) is 5.16 Å². The van der Waals surface area contributed by atoms with E-state index in [0.717, 1.165) is 27.7 Å². The maximum absolute atomic E-state index is 4.77. The number of imidazole rings is 1. The Hall–Kier alpha value is -2.07. The molecule has 3 rings (SSSR count). The fourth-order valence-corrected chi connectivity index (χ4v) is 2.84. The Morgan fingerprint density at radius 3 is 2.40 bits per heavy atom. The van der Waals surface area contributed by atoms with E-state index < -0.39 is 0 Å². The molecule has 0 atom stereocenters. The summed E-state index contributed by atoms with van der Waals surface area (Å²) >= 11 is 1.65. The fourth-order valence-electron chi connectivity index (χ4n) is 2.29. The summed E-state index contributed by atoms with van der Waals surface area (Å²) in [4.78, 5) is 9.00. The van der Waals surface area contributed by atoms with Crippen LogP contribution in [0, 0.1) is 0 Å². The van der Waals surface area contributed by atoms with Gasteiger partial charge in [-0.1, -0.05) is 42.1 Å². The molecule has 0 fully saturated rings. The topological polar surface area (TPSA) is 30.7 Å². The van der Waals surface area contributed by atoms with Crippen LogP contribution in [0.3, 0.4) is 0 Å². The van der Waals surface area contributed by atoms with Crippen LogP contribution < -0.4 is 0 Å². The quantitative estimate of drug-likeness (QED) is 0.683. The third-order valence-electron chi connectivity index (χ3n) is 3.22. The van der Waals surface area contributed by atoms with E-state index in [1.54, 1.807) is 18.0 Å². The van der Waals surface area contributed by atoms with Crippen molar-refractivity contribution < 1.29 is 0 Å². The Kier molecular flexibility index (Phi) is 3.56. The van der Waals surface area contributed by atoms with Crippen LogP contribution in [0.25, 0.3) is 22.5 Å². The Balaban J connectivity index is 2.25. The van der Waals surface area contributed by atoms with Gasteiger partial charge in [0.25, 0.3) is 0 Å². The van der Waals surface area contributed by atoms with E-state index >= 15 is 0 Å². The SMILES string of the molecule is CSc1nc(-c2ccccc2)c(-c2cccnc2)n1C. The Morgan fingerprint density at radius 2 is 1.75 bits per heavy atom. The van der Waals surface area contributed by atoms with E-state index in [1.165, 1.54) is 0 Å². The highest BCUT2D eigenvalue weighted by Gasteiger charge is 2.17. The van der Waals surface area contributed by atoms with Gasteiger partial charge in [-0.25, -0.2) is 4.98 Å². The molecule has 0 radical (unpaired) electrons. The average Bonchev–Trinajstić information content (AvgIpc) is 2.86. The monoisotopic (exact) mass is 281 g/mol. The molecular formula is C16H15N3S. The Morgan fingerprint density at radius 1 is 1.00 bits per heavy atom. The van der Waals surface area contributed by atoms with Gasteiger partial charge in [0.05, 0.1) is 11.4 Å². The summed E-state index contributed by atoms with van der Waals surface area (Å²) in [7, 11) is 2.05. The number of benzene rings is 1. The molecular weight excluding hydrogens is 266 g/mol. The summed E-state index contributed by atoms with van der Waals surface area (Å²) in [5, 5.41) is 1.00. The van der Waals surface area contributed by atoms with Gasteiger partial charge in [0, 0.05) is 30.6 Å². The molecule has 0 N–H and O–H groups in total. The van der Waals surface area contributed by atoms with E-state index in [9.17, 15) is 0 Å². The van der Waals surface area contributed by atoms with Crippen molar-refractivity contribution in [1.82, 2.24) is 14.5 Å². The van der Waals surface area contributed by atoms with Crippen molar-refractivity contribution in [2.24, 2.45) is 7.05 Å². The van der Waals surface area contributed by atoms with Crippen molar-refractivity contribution in [3.63, 3.8) is 0 Å². The number of thioether (sulfide) groups is 1. The first-order valence-corrected chi connectivity index (χ1v) is 7.60. The lowest BCUT2D eigenvalue weighted by molar-refractivity contribution is 0.798. The van der Waals surface area contributed by atoms with Crippen LogP contribution in [-0.4, -0.2) is 20.8 Å². The van der Waals surface area contributed by atoms with Crippen LogP contribution in [0.5, 0.6) is 0 Å². The second kappa shape index (κ2) is 5.51. The zero-order valence-electron chi connectivity index (χ0n) is 11.4. The van der Waals surface area contributed by atoms with Gasteiger partial charge in [0.2, 0.25) is 0 Å². The van der Waals surface area contributed by atoms with Crippen LogP contribution in [0.4, 0.5) is 0 Å². The van der Waals surface area contributed by atoms with Crippen molar-refractivity contribution in [2.45, 2.75) is 5.16 Å². The molecule has 2 aromatic heterocycles. The van der Waals surface area contributed by atoms with Crippen LogP contribution in [-0.2, 0) is 7.05 Å². The van der Waals surface area contributed by atoms with Gasteiger partial charge < -0.3 is 4.57 Å². The first kappa shape index (κ1) is 12.9. The first-order valence-electron chi connectivity index (χ1n) is 6.38. The van der Waals surface area contributed by atoms with Gasteiger partial charge in [0.1, 0.15) is 0 Å². The summed E-state index contributed by atoms with van der Waals surface area (Å²) in [6.45, 7) is 0. The van der Waals surface area contributed by atoms with E-state index in [0.29, 0.717) is 0 Å². The molecule has 3 nitrogen and oxygen atoms in total. The highest BCUT2D eigenvalue weighted by atomic mass is 32.2. The molecule has 0 aliphatic carbocycles. The van der Waals surface area contributed by atoms with Crippen LogP contribution in [0.2, 0.25) is 0 Å². The third-order valence-corrected chi connectivity index (χ3v) is 3.95. The lowest BCUT2D eigenvalue weighted by atomic mass is 10.1. The molecule has 2 heterocycles. The summed E-state index contributed by atoms with van der Waals surface area (Å²) < 4.78 is 2.13. The molecule has 4 heteroatoms. The van der Waals surface area contributed by atoms with Crippen molar-refractivity contribution in [1.29, 1.82) is 0 Å². The van der Waals surface area contributed by atoms with Gasteiger partial charge in [-0.2, -0.15) is 0 Å². The van der Waals surface area contributed by atoms with Gasteiger partial charge in [-0.05, 0) is 18.4 Å². The molecule has 0 saturated carbocycles. The number of nitrogens with zero attached hydrogens (tertiary/aromatic N) is 3. The highest BCUT2D eigenvalue weighted by molar-refractivity contribution is 7.98. The molecule has 0 unspecified atom stereocenters. The summed E-state index contributed by atoms with van der Waals surface area (Å²) in [5.41, 5.74) is 4.32. The van der Waals surface area contributed by atoms with Crippen molar-refractivity contribution in [3.05, 3.63) is 54.9 Å². The first-order chi connectivity index (χ1) is 9.81. The van der Waals surface area contributed by atoms with Crippen molar-refractivity contribution in [2.75, 3.05) is 6.26 Å². The maximum atomic E-state index is 4.77. The van der Waals surface area contributed by atoms with Crippen LogP contribution >= 0.6 is 11.8 Å². The van der Waals surface area contributed by atoms with E-state index in [4.69, 9.17) is 4.98 Å². The predicted molar refractivity (Wildman–Crippen MR) is 83.7 cm³/mol. The number of pyridine rings is 1. The predicted octanol–water partition coefficient (Wildman–Crippen LogP) is 3.87. The number of aromatic nitrogens is 3. The van der Waals surface area contributed by atoms with Crippen molar-refractivity contribution in [3.8, 4) is 22.5 Å². The zero-order chi connectivity index (χ0) is 13.9. The van der Waals surface area contributed by atoms with Gasteiger partial charge in [-0.15, -0.1) is 0 Å². The minimum atomic E-state index is 1.00. The molecule has 0 bridgehead atoms. The van der Waals surface area contributed by atoms with Crippen LogP contribution in [0.1, 0.15) is 0 Å². The zero-order valence-corrected chi connectivity index (χ0v) is 12.3. The lowest BCUT2D eigenvalue weighted by Crippen LogP contribution is -1.94. The smallest absolute Gasteiger partial charge is 0.168 e. The summed E-state index contributed by atoms with van der Waals surface area (Å²) in [6.07, 6.45) is 5.72. The van der Waals surface area contributed by atoms with Gasteiger partial charge >= 0.3 is 0 Å². The molecule has 0 saturated heterocycles. The summed E-state index contributed by atoms with van der Waals surface area (Å²) in [5.74, 6) is 0. The van der Waals surface area contributed by atoms with E-state index in [1.807, 2.05) is 43.8 Å². The van der Waals surface area contributed by atoms with E-state index in [2.05, 4.69) is 27.8 Å². The summed E-state index contributed by atoms with van der Waals surface area (Å²) in [6, 6.07) is 14.3. The average molecular weight is 281 g/mol. The Labute approximate surface area is 122 Å². The minimum absolute atomic E-state index is 1.00. The molecule has 0 amide bonds. The molecule has 3 aromatic rings. The second-order valence-corrected chi connectivity index (χ2v) is 5.24. The standard InChI is InChI=1S/C16H15N3S/c1-19-15(13-9-6-10-17-11-13)14(18-16(19)20-2)12-7-4-3-5-8-12/h3-11H,1-2H3. The van der Waals surface area contributed by atoms with Crippen molar-refractivity contribution >= 4 is 11.8 Å². The fraction of sp³-hybridized carbons (Fsp3) is 0.125. The molecule has 0 spiro atoms. The Bertz CT molecular complexity index is 705. The number of hydrogen-bond donors (Lipinski definition) is 0. The third kappa shape index (κ3) is 2.23. The second-order valence-electron chi connectivity index (χ2n) is 4.46. The highest BCUT2D eigenvalue weighted by Crippen LogP contribution is 2.33. The largest absolute Gasteiger partial charge is 0.322 e. The molecule has 20 heavy (non-hydrogen) atoms. The van der Waals surface area contributed by atoms with E-state index in [-0.39, 0.29) is 0 Å².